The molecule has 1 aliphatic rings. The van der Waals surface area contributed by atoms with Crippen LogP contribution in [0.4, 0.5) is 0 Å². The van der Waals surface area contributed by atoms with Gasteiger partial charge in [0, 0.05) is 13.1 Å². The van der Waals surface area contributed by atoms with Gasteiger partial charge in [0.05, 0.1) is 11.6 Å². The Morgan fingerprint density at radius 3 is 2.64 bits per heavy atom. The number of aliphatic hydroxyl groups is 1. The normalized spacial score (nSPS) is 18.8. The van der Waals surface area contributed by atoms with E-state index in [2.05, 4.69) is 21.2 Å². The van der Waals surface area contributed by atoms with Crippen LogP contribution >= 0.6 is 15.9 Å². The SMILES string of the molecule is COc1ccc(C2(O)CNC2)cc1Br. The van der Waals surface area contributed by atoms with Crippen molar-refractivity contribution in [1.82, 2.24) is 5.32 Å². The molecule has 0 aliphatic carbocycles. The predicted molar refractivity (Wildman–Crippen MR) is 57.5 cm³/mol. The lowest BCUT2D eigenvalue weighted by Crippen LogP contribution is -2.56. The minimum atomic E-state index is -0.700. The highest BCUT2D eigenvalue weighted by molar-refractivity contribution is 9.10. The average Bonchev–Trinajstić information content (AvgIpc) is 2.14. The molecule has 1 aromatic carbocycles. The Kier molecular flexibility index (Phi) is 2.51. The largest absolute Gasteiger partial charge is 0.496 e. The predicted octanol–water partition coefficient (Wildman–Crippen LogP) is 1.25. The Balaban J connectivity index is 2.32. The van der Waals surface area contributed by atoms with E-state index in [1.807, 2.05) is 18.2 Å². The number of nitrogens with one attached hydrogen (secondary N) is 1. The summed E-state index contributed by atoms with van der Waals surface area (Å²) in [5, 5.41) is 13.1. The number of ether oxygens (including phenoxy) is 1. The third-order valence-corrected chi connectivity index (χ3v) is 3.14. The average molecular weight is 258 g/mol. The Bertz CT molecular complexity index is 350. The molecule has 0 radical (unpaired) electrons. The van der Waals surface area contributed by atoms with Crippen molar-refractivity contribution in [2.45, 2.75) is 5.60 Å². The maximum absolute atomic E-state index is 10.0. The maximum Gasteiger partial charge on any atom is 0.133 e. The summed E-state index contributed by atoms with van der Waals surface area (Å²) in [6.45, 7) is 1.23. The fourth-order valence-electron chi connectivity index (χ4n) is 1.52. The Morgan fingerprint density at radius 1 is 1.50 bits per heavy atom. The molecule has 14 heavy (non-hydrogen) atoms. The van der Waals surface area contributed by atoms with Crippen LogP contribution in [0.2, 0.25) is 0 Å². The second-order valence-electron chi connectivity index (χ2n) is 3.48. The molecule has 0 spiro atoms. The molecule has 1 aromatic rings. The van der Waals surface area contributed by atoms with Crippen LogP contribution in [-0.2, 0) is 5.60 Å². The number of halogens is 1. The molecule has 0 aromatic heterocycles. The van der Waals surface area contributed by atoms with E-state index >= 15 is 0 Å². The smallest absolute Gasteiger partial charge is 0.133 e. The highest BCUT2D eigenvalue weighted by atomic mass is 79.9. The molecular formula is C10H12BrNO2. The monoisotopic (exact) mass is 257 g/mol. The molecule has 0 unspecified atom stereocenters. The first-order chi connectivity index (χ1) is 6.65. The van der Waals surface area contributed by atoms with Gasteiger partial charge in [0.25, 0.3) is 0 Å². The standard InChI is InChI=1S/C10H12BrNO2/c1-14-9-3-2-7(4-8(9)11)10(13)5-12-6-10/h2-4,12-13H,5-6H2,1H3. The van der Waals surface area contributed by atoms with E-state index in [9.17, 15) is 5.11 Å². The Morgan fingerprint density at radius 2 is 2.21 bits per heavy atom. The van der Waals surface area contributed by atoms with E-state index < -0.39 is 5.60 Å². The van der Waals surface area contributed by atoms with E-state index in [1.54, 1.807) is 7.11 Å². The molecule has 0 bridgehead atoms. The van der Waals surface area contributed by atoms with E-state index in [0.29, 0.717) is 13.1 Å². The molecule has 2 rings (SSSR count). The van der Waals surface area contributed by atoms with Crippen LogP contribution < -0.4 is 10.1 Å². The van der Waals surface area contributed by atoms with E-state index in [4.69, 9.17) is 4.74 Å². The summed E-state index contributed by atoms with van der Waals surface area (Å²) in [6.07, 6.45) is 0. The van der Waals surface area contributed by atoms with Crippen molar-refractivity contribution >= 4 is 15.9 Å². The van der Waals surface area contributed by atoms with Crippen molar-refractivity contribution < 1.29 is 9.84 Å². The van der Waals surface area contributed by atoms with E-state index in [-0.39, 0.29) is 0 Å². The van der Waals surface area contributed by atoms with Crippen LogP contribution in [0.1, 0.15) is 5.56 Å². The lowest BCUT2D eigenvalue weighted by Gasteiger charge is -2.38. The van der Waals surface area contributed by atoms with E-state index in [1.165, 1.54) is 0 Å². The first-order valence-electron chi connectivity index (χ1n) is 4.43. The zero-order valence-corrected chi connectivity index (χ0v) is 9.47. The van der Waals surface area contributed by atoms with Crippen LogP contribution in [0.5, 0.6) is 5.75 Å². The van der Waals surface area contributed by atoms with Crippen molar-refractivity contribution in [1.29, 1.82) is 0 Å². The lowest BCUT2D eigenvalue weighted by atomic mass is 9.88. The van der Waals surface area contributed by atoms with Crippen molar-refractivity contribution in [2.24, 2.45) is 0 Å². The number of methoxy groups -OCH3 is 1. The first kappa shape index (κ1) is 9.96. The molecule has 76 valence electrons. The summed E-state index contributed by atoms with van der Waals surface area (Å²) in [5.74, 6) is 0.782. The molecule has 0 amide bonds. The molecule has 0 saturated carbocycles. The molecule has 1 heterocycles. The zero-order valence-electron chi connectivity index (χ0n) is 7.88. The first-order valence-corrected chi connectivity index (χ1v) is 5.22. The van der Waals surface area contributed by atoms with Crippen LogP contribution in [0.3, 0.4) is 0 Å². The zero-order chi connectivity index (χ0) is 10.2. The topological polar surface area (TPSA) is 41.5 Å². The van der Waals surface area contributed by atoms with Gasteiger partial charge < -0.3 is 15.2 Å². The fraction of sp³-hybridized carbons (Fsp3) is 0.400. The molecule has 1 saturated heterocycles. The van der Waals surface area contributed by atoms with Gasteiger partial charge in [-0.05, 0) is 33.6 Å². The minimum Gasteiger partial charge on any atom is -0.496 e. The second-order valence-corrected chi connectivity index (χ2v) is 4.34. The van der Waals surface area contributed by atoms with Gasteiger partial charge in [0.15, 0.2) is 0 Å². The number of β-amino-alcohol motifs (C(OH)–C–C–N with tert-alkyl or cyclic N) is 1. The summed E-state index contributed by atoms with van der Waals surface area (Å²) in [7, 11) is 1.62. The summed E-state index contributed by atoms with van der Waals surface area (Å²) in [6, 6.07) is 5.65. The molecule has 3 nitrogen and oxygen atoms in total. The molecular weight excluding hydrogens is 246 g/mol. The number of hydrogen-bond donors (Lipinski definition) is 2. The molecule has 4 heteroatoms. The number of hydrogen-bond acceptors (Lipinski definition) is 3. The van der Waals surface area contributed by atoms with Crippen molar-refractivity contribution in [3.05, 3.63) is 28.2 Å². The van der Waals surface area contributed by atoms with Gasteiger partial charge in [-0.3, -0.25) is 0 Å². The van der Waals surface area contributed by atoms with Gasteiger partial charge >= 0.3 is 0 Å². The molecule has 1 fully saturated rings. The van der Waals surface area contributed by atoms with Crippen LogP contribution in [0, 0.1) is 0 Å². The molecule has 1 aliphatic heterocycles. The van der Waals surface area contributed by atoms with Crippen LogP contribution in [0.25, 0.3) is 0 Å². The van der Waals surface area contributed by atoms with Crippen molar-refractivity contribution in [3.63, 3.8) is 0 Å². The quantitative estimate of drug-likeness (QED) is 0.838. The number of rotatable bonds is 2. The van der Waals surface area contributed by atoms with Gasteiger partial charge in [0.1, 0.15) is 11.4 Å². The Labute approximate surface area is 91.2 Å². The van der Waals surface area contributed by atoms with Crippen molar-refractivity contribution in [3.8, 4) is 5.75 Å². The minimum absolute atomic E-state index is 0.617. The summed E-state index contributed by atoms with van der Waals surface area (Å²) in [5.41, 5.74) is 0.221. The van der Waals surface area contributed by atoms with Gasteiger partial charge in [-0.25, -0.2) is 0 Å². The van der Waals surface area contributed by atoms with Gasteiger partial charge in [-0.1, -0.05) is 6.07 Å². The van der Waals surface area contributed by atoms with Crippen molar-refractivity contribution in [2.75, 3.05) is 20.2 Å². The van der Waals surface area contributed by atoms with Crippen LogP contribution in [-0.4, -0.2) is 25.3 Å². The highest BCUT2D eigenvalue weighted by Gasteiger charge is 2.36. The summed E-state index contributed by atoms with van der Waals surface area (Å²) < 4.78 is 5.99. The van der Waals surface area contributed by atoms with Gasteiger partial charge in [0.2, 0.25) is 0 Å². The Hall–Kier alpha value is -0.580. The fourth-order valence-corrected chi connectivity index (χ4v) is 2.06. The summed E-state index contributed by atoms with van der Waals surface area (Å²) >= 11 is 3.40. The van der Waals surface area contributed by atoms with Crippen LogP contribution in [0.15, 0.2) is 22.7 Å². The third kappa shape index (κ3) is 1.54. The van der Waals surface area contributed by atoms with Gasteiger partial charge in [-0.2, -0.15) is 0 Å². The lowest BCUT2D eigenvalue weighted by molar-refractivity contribution is -0.0147. The van der Waals surface area contributed by atoms with Gasteiger partial charge in [-0.15, -0.1) is 0 Å². The summed E-state index contributed by atoms with van der Waals surface area (Å²) in [4.78, 5) is 0. The second kappa shape index (κ2) is 3.53. The molecule has 0 atom stereocenters. The number of benzene rings is 1. The molecule has 2 N–H and O–H groups in total. The third-order valence-electron chi connectivity index (χ3n) is 2.52. The highest BCUT2D eigenvalue weighted by Crippen LogP contribution is 2.32. The maximum atomic E-state index is 10.0. The van der Waals surface area contributed by atoms with E-state index in [0.717, 1.165) is 15.8 Å².